The van der Waals surface area contributed by atoms with Crippen LogP contribution in [-0.4, -0.2) is 48.9 Å². The minimum absolute atomic E-state index is 0.0538. The van der Waals surface area contributed by atoms with Gasteiger partial charge in [0.15, 0.2) is 0 Å². The summed E-state index contributed by atoms with van der Waals surface area (Å²) in [5.41, 5.74) is 1.53. The van der Waals surface area contributed by atoms with Crippen molar-refractivity contribution < 1.29 is 22.6 Å². The van der Waals surface area contributed by atoms with E-state index in [-0.39, 0.29) is 10.6 Å². The molecule has 1 aliphatic heterocycles. The van der Waals surface area contributed by atoms with E-state index >= 15 is 0 Å². The number of rotatable bonds is 6. The lowest BCUT2D eigenvalue weighted by molar-refractivity contribution is 0.122. The predicted molar refractivity (Wildman–Crippen MR) is 99.8 cm³/mol. The molecule has 0 bridgehead atoms. The molecule has 0 aromatic heterocycles. The van der Waals surface area contributed by atoms with Crippen molar-refractivity contribution >= 4 is 21.4 Å². The second-order valence-corrected chi connectivity index (χ2v) is 7.42. The number of nitrogens with zero attached hydrogens (tertiary/aromatic N) is 1. The second-order valence-electron chi connectivity index (χ2n) is 5.77. The summed E-state index contributed by atoms with van der Waals surface area (Å²) in [7, 11) is -0.850. The number of nitrogens with one attached hydrogen (secondary N) is 1. The molecule has 1 aliphatic rings. The minimum Gasteiger partial charge on any atom is -0.497 e. The van der Waals surface area contributed by atoms with Crippen molar-refractivity contribution in [3.8, 4) is 11.5 Å². The van der Waals surface area contributed by atoms with Gasteiger partial charge < -0.3 is 19.1 Å². The molecule has 1 N–H and O–H groups in total. The standard InChI is InChI=1S/C18H22N2O5S/c1-23-16-7-8-18(17(13-16)24-2)26(21,22)19-14-3-5-15(6-4-14)20-9-11-25-12-10-20/h3-8,13,19H,9-12H2,1-2H3. The van der Waals surface area contributed by atoms with E-state index in [4.69, 9.17) is 14.2 Å². The normalized spacial score (nSPS) is 14.8. The average molecular weight is 378 g/mol. The Morgan fingerprint density at radius 3 is 2.31 bits per heavy atom. The molecule has 1 heterocycles. The van der Waals surface area contributed by atoms with Gasteiger partial charge in [0.1, 0.15) is 16.4 Å². The first-order valence-electron chi connectivity index (χ1n) is 8.21. The molecule has 2 aromatic rings. The Labute approximate surface area is 153 Å². The van der Waals surface area contributed by atoms with Gasteiger partial charge in [-0.2, -0.15) is 0 Å². The Hall–Kier alpha value is -2.45. The molecule has 0 atom stereocenters. The summed E-state index contributed by atoms with van der Waals surface area (Å²) in [6, 6.07) is 11.9. The molecule has 3 rings (SSSR count). The van der Waals surface area contributed by atoms with E-state index in [1.165, 1.54) is 26.4 Å². The molecule has 2 aromatic carbocycles. The van der Waals surface area contributed by atoms with Crippen molar-refractivity contribution in [1.29, 1.82) is 0 Å². The fraction of sp³-hybridized carbons (Fsp3) is 0.333. The molecular weight excluding hydrogens is 356 g/mol. The van der Waals surface area contributed by atoms with Gasteiger partial charge in [0.2, 0.25) is 0 Å². The van der Waals surface area contributed by atoms with E-state index in [0.717, 1.165) is 18.8 Å². The van der Waals surface area contributed by atoms with Crippen LogP contribution in [0.15, 0.2) is 47.4 Å². The Morgan fingerprint density at radius 2 is 1.69 bits per heavy atom. The number of hydrogen-bond acceptors (Lipinski definition) is 6. The maximum absolute atomic E-state index is 12.7. The quantitative estimate of drug-likeness (QED) is 0.831. The van der Waals surface area contributed by atoms with Gasteiger partial charge in [-0.15, -0.1) is 0 Å². The van der Waals surface area contributed by atoms with E-state index in [1.807, 2.05) is 12.1 Å². The van der Waals surface area contributed by atoms with Gasteiger partial charge in [-0.25, -0.2) is 8.42 Å². The van der Waals surface area contributed by atoms with Gasteiger partial charge in [0.05, 0.1) is 27.4 Å². The Morgan fingerprint density at radius 1 is 1.00 bits per heavy atom. The summed E-state index contributed by atoms with van der Waals surface area (Å²) in [6.07, 6.45) is 0. The van der Waals surface area contributed by atoms with Crippen LogP contribution in [0, 0.1) is 0 Å². The van der Waals surface area contributed by atoms with Crippen LogP contribution in [0.5, 0.6) is 11.5 Å². The van der Waals surface area contributed by atoms with E-state index in [2.05, 4.69) is 9.62 Å². The largest absolute Gasteiger partial charge is 0.497 e. The minimum atomic E-state index is -3.78. The first-order chi connectivity index (χ1) is 12.5. The third-order valence-corrected chi connectivity index (χ3v) is 5.58. The Kier molecular flexibility index (Phi) is 5.53. The number of methoxy groups -OCH3 is 2. The number of morpholine rings is 1. The SMILES string of the molecule is COc1ccc(S(=O)(=O)Nc2ccc(N3CCOCC3)cc2)c(OC)c1. The lowest BCUT2D eigenvalue weighted by atomic mass is 10.2. The molecule has 0 unspecified atom stereocenters. The number of hydrogen-bond donors (Lipinski definition) is 1. The van der Waals surface area contributed by atoms with Gasteiger partial charge in [-0.3, -0.25) is 4.72 Å². The fourth-order valence-electron chi connectivity index (χ4n) is 2.77. The highest BCUT2D eigenvalue weighted by Gasteiger charge is 2.20. The summed E-state index contributed by atoms with van der Waals surface area (Å²) in [5, 5.41) is 0. The number of ether oxygens (including phenoxy) is 3. The molecule has 7 nitrogen and oxygen atoms in total. The first kappa shape index (κ1) is 18.3. The number of sulfonamides is 1. The second kappa shape index (κ2) is 7.84. The zero-order valence-corrected chi connectivity index (χ0v) is 15.6. The molecule has 0 spiro atoms. The van der Waals surface area contributed by atoms with E-state index in [9.17, 15) is 8.42 Å². The van der Waals surface area contributed by atoms with Crippen molar-refractivity contribution in [2.75, 3.05) is 50.1 Å². The summed E-state index contributed by atoms with van der Waals surface area (Å²) in [6.45, 7) is 3.06. The van der Waals surface area contributed by atoms with Gasteiger partial charge in [-0.1, -0.05) is 0 Å². The zero-order valence-electron chi connectivity index (χ0n) is 14.8. The number of anilines is 2. The highest BCUT2D eigenvalue weighted by molar-refractivity contribution is 7.92. The highest BCUT2D eigenvalue weighted by Crippen LogP contribution is 2.30. The molecule has 0 saturated carbocycles. The van der Waals surface area contributed by atoms with Gasteiger partial charge >= 0.3 is 0 Å². The van der Waals surface area contributed by atoms with E-state index in [1.54, 1.807) is 18.2 Å². The molecule has 140 valence electrons. The van der Waals surface area contributed by atoms with E-state index in [0.29, 0.717) is 24.7 Å². The summed E-state index contributed by atoms with van der Waals surface area (Å²) < 4.78 is 43.6. The van der Waals surface area contributed by atoms with Crippen molar-refractivity contribution in [2.24, 2.45) is 0 Å². The highest BCUT2D eigenvalue weighted by atomic mass is 32.2. The van der Waals surface area contributed by atoms with Crippen molar-refractivity contribution in [3.63, 3.8) is 0 Å². The third kappa shape index (κ3) is 4.03. The fourth-order valence-corrected chi connectivity index (χ4v) is 3.98. The smallest absolute Gasteiger partial charge is 0.265 e. The van der Waals surface area contributed by atoms with Gasteiger partial charge in [-0.05, 0) is 36.4 Å². The zero-order chi connectivity index (χ0) is 18.6. The molecule has 1 fully saturated rings. The van der Waals surface area contributed by atoms with Crippen LogP contribution in [0.1, 0.15) is 0 Å². The maximum Gasteiger partial charge on any atom is 0.265 e. The Balaban J connectivity index is 1.79. The van der Waals surface area contributed by atoms with Gasteiger partial charge in [0.25, 0.3) is 10.0 Å². The average Bonchev–Trinajstić information content (AvgIpc) is 2.68. The molecule has 26 heavy (non-hydrogen) atoms. The van der Waals surface area contributed by atoms with Crippen LogP contribution in [0.4, 0.5) is 11.4 Å². The molecule has 0 amide bonds. The molecule has 8 heteroatoms. The lowest BCUT2D eigenvalue weighted by Gasteiger charge is -2.28. The monoisotopic (exact) mass is 378 g/mol. The summed E-state index contributed by atoms with van der Waals surface area (Å²) in [5.74, 6) is 0.748. The lowest BCUT2D eigenvalue weighted by Crippen LogP contribution is -2.36. The van der Waals surface area contributed by atoms with Crippen molar-refractivity contribution in [1.82, 2.24) is 0 Å². The molecule has 1 saturated heterocycles. The van der Waals surface area contributed by atoms with Crippen LogP contribution in [0.25, 0.3) is 0 Å². The molecular formula is C18H22N2O5S. The topological polar surface area (TPSA) is 77.1 Å². The van der Waals surface area contributed by atoms with Crippen LogP contribution in [-0.2, 0) is 14.8 Å². The summed E-state index contributed by atoms with van der Waals surface area (Å²) in [4.78, 5) is 2.26. The predicted octanol–water partition coefficient (Wildman–Crippen LogP) is 2.34. The van der Waals surface area contributed by atoms with Crippen molar-refractivity contribution in [3.05, 3.63) is 42.5 Å². The van der Waals surface area contributed by atoms with E-state index < -0.39 is 10.0 Å². The van der Waals surface area contributed by atoms with Crippen LogP contribution < -0.4 is 19.1 Å². The van der Waals surface area contributed by atoms with Crippen LogP contribution in [0.3, 0.4) is 0 Å². The maximum atomic E-state index is 12.7. The van der Waals surface area contributed by atoms with Crippen molar-refractivity contribution in [2.45, 2.75) is 4.90 Å². The third-order valence-electron chi connectivity index (χ3n) is 4.16. The Bertz CT molecular complexity index is 846. The molecule has 0 aliphatic carbocycles. The summed E-state index contributed by atoms with van der Waals surface area (Å²) >= 11 is 0. The number of benzene rings is 2. The van der Waals surface area contributed by atoms with Crippen LogP contribution >= 0.6 is 0 Å². The first-order valence-corrected chi connectivity index (χ1v) is 9.69. The van der Waals surface area contributed by atoms with Crippen LogP contribution in [0.2, 0.25) is 0 Å². The van der Waals surface area contributed by atoms with Gasteiger partial charge in [0, 0.05) is 30.5 Å². The molecule has 0 radical (unpaired) electrons.